The molecule has 1 heterocycles. The predicted molar refractivity (Wildman–Crippen MR) is 69.3 cm³/mol. The van der Waals surface area contributed by atoms with Gasteiger partial charge in [-0.1, -0.05) is 26.2 Å². The van der Waals surface area contributed by atoms with E-state index in [2.05, 4.69) is 17.0 Å². The Labute approximate surface area is 105 Å². The Morgan fingerprint density at radius 1 is 1.18 bits per heavy atom. The first kappa shape index (κ1) is 13.3. The van der Waals surface area contributed by atoms with E-state index >= 15 is 0 Å². The number of sulfonamides is 1. The van der Waals surface area contributed by atoms with Gasteiger partial charge in [0, 0.05) is 12.6 Å². The summed E-state index contributed by atoms with van der Waals surface area (Å²) < 4.78 is 27.0. The van der Waals surface area contributed by atoms with Crippen LogP contribution < -0.4 is 10.0 Å². The summed E-state index contributed by atoms with van der Waals surface area (Å²) in [4.78, 5) is 0. The molecule has 1 saturated heterocycles. The third-order valence-electron chi connectivity index (χ3n) is 4.03. The fraction of sp³-hybridized carbons (Fsp3) is 1.00. The highest BCUT2D eigenvalue weighted by molar-refractivity contribution is 7.89. The number of hydrogen-bond donors (Lipinski definition) is 2. The first-order valence-corrected chi connectivity index (χ1v) is 8.43. The molecule has 2 rings (SSSR count). The zero-order chi connectivity index (χ0) is 12.3. The third-order valence-corrected chi connectivity index (χ3v) is 5.60. The Hall–Kier alpha value is -0.130. The fourth-order valence-corrected chi connectivity index (χ4v) is 4.74. The van der Waals surface area contributed by atoms with Gasteiger partial charge in [0.15, 0.2) is 0 Å². The molecule has 2 fully saturated rings. The summed E-state index contributed by atoms with van der Waals surface area (Å²) in [6.07, 6.45) is 5.83. The van der Waals surface area contributed by atoms with Crippen LogP contribution in [0.5, 0.6) is 0 Å². The van der Waals surface area contributed by atoms with Gasteiger partial charge >= 0.3 is 0 Å². The van der Waals surface area contributed by atoms with E-state index < -0.39 is 10.0 Å². The van der Waals surface area contributed by atoms with Crippen LogP contribution >= 0.6 is 0 Å². The minimum Gasteiger partial charge on any atom is -0.315 e. The highest BCUT2D eigenvalue weighted by atomic mass is 32.2. The van der Waals surface area contributed by atoms with E-state index in [4.69, 9.17) is 0 Å². The maximum Gasteiger partial charge on any atom is 0.212 e. The molecular weight excluding hydrogens is 236 g/mol. The Kier molecular flexibility index (Phi) is 4.44. The largest absolute Gasteiger partial charge is 0.315 e. The van der Waals surface area contributed by atoms with Gasteiger partial charge in [0.25, 0.3) is 0 Å². The van der Waals surface area contributed by atoms with E-state index in [1.165, 1.54) is 19.3 Å². The van der Waals surface area contributed by atoms with Gasteiger partial charge in [-0.2, -0.15) is 0 Å². The molecule has 0 aromatic carbocycles. The molecule has 0 radical (unpaired) electrons. The average Bonchev–Trinajstić information content (AvgIpc) is 2.64. The van der Waals surface area contributed by atoms with Gasteiger partial charge in [-0.25, -0.2) is 13.1 Å². The lowest BCUT2D eigenvalue weighted by Crippen LogP contribution is -2.42. The Morgan fingerprint density at radius 2 is 1.88 bits per heavy atom. The van der Waals surface area contributed by atoms with Crippen molar-refractivity contribution in [3.05, 3.63) is 0 Å². The van der Waals surface area contributed by atoms with Crippen molar-refractivity contribution in [2.24, 2.45) is 11.8 Å². The minimum atomic E-state index is -3.09. The second-order valence-corrected chi connectivity index (χ2v) is 7.44. The summed E-state index contributed by atoms with van der Waals surface area (Å²) in [6, 6.07) is 0.0867. The third kappa shape index (κ3) is 3.93. The van der Waals surface area contributed by atoms with Crippen LogP contribution in [-0.2, 0) is 10.0 Å². The molecule has 0 aromatic rings. The van der Waals surface area contributed by atoms with E-state index in [0.29, 0.717) is 17.6 Å². The van der Waals surface area contributed by atoms with E-state index in [1.807, 2.05) is 0 Å². The van der Waals surface area contributed by atoms with Crippen molar-refractivity contribution in [2.75, 3.05) is 18.8 Å². The highest BCUT2D eigenvalue weighted by Crippen LogP contribution is 2.24. The number of nitrogens with one attached hydrogen (secondary N) is 2. The zero-order valence-corrected chi connectivity index (χ0v) is 11.4. The number of rotatable bonds is 4. The van der Waals surface area contributed by atoms with Crippen LogP contribution in [-0.4, -0.2) is 33.3 Å². The van der Waals surface area contributed by atoms with Gasteiger partial charge in [-0.05, 0) is 31.2 Å². The smallest absolute Gasteiger partial charge is 0.212 e. The first-order chi connectivity index (χ1) is 8.07. The van der Waals surface area contributed by atoms with Gasteiger partial charge in [0.1, 0.15) is 0 Å². The van der Waals surface area contributed by atoms with E-state index in [0.717, 1.165) is 25.9 Å². The molecular formula is C12H24N2O2S. The second kappa shape index (κ2) is 5.67. The summed E-state index contributed by atoms with van der Waals surface area (Å²) in [5.41, 5.74) is 0. The molecule has 17 heavy (non-hydrogen) atoms. The second-order valence-electron chi connectivity index (χ2n) is 5.65. The monoisotopic (exact) mass is 260 g/mol. The molecule has 2 aliphatic rings. The summed E-state index contributed by atoms with van der Waals surface area (Å²) >= 11 is 0. The molecule has 2 atom stereocenters. The van der Waals surface area contributed by atoms with Crippen molar-refractivity contribution in [1.82, 2.24) is 10.0 Å². The van der Waals surface area contributed by atoms with Gasteiger partial charge in [-0.15, -0.1) is 0 Å². The van der Waals surface area contributed by atoms with Crippen LogP contribution in [0.3, 0.4) is 0 Å². The summed E-state index contributed by atoms with van der Waals surface area (Å²) in [5, 5.41) is 3.22. The van der Waals surface area contributed by atoms with Gasteiger partial charge in [0.2, 0.25) is 10.0 Å². The molecule has 1 aliphatic carbocycles. The summed E-state index contributed by atoms with van der Waals surface area (Å²) in [6.45, 7) is 3.77. The first-order valence-electron chi connectivity index (χ1n) is 6.77. The molecule has 4 nitrogen and oxygen atoms in total. The maximum atomic E-state index is 12.1. The molecule has 5 heteroatoms. The molecule has 1 saturated carbocycles. The molecule has 0 spiro atoms. The summed E-state index contributed by atoms with van der Waals surface area (Å²) in [5.74, 6) is 1.11. The van der Waals surface area contributed by atoms with Crippen LogP contribution in [0, 0.1) is 11.8 Å². The number of hydrogen-bond acceptors (Lipinski definition) is 3. The molecule has 0 aromatic heterocycles. The van der Waals surface area contributed by atoms with Crippen molar-refractivity contribution in [2.45, 2.75) is 45.1 Å². The highest BCUT2D eigenvalue weighted by Gasteiger charge is 2.29. The lowest BCUT2D eigenvalue weighted by molar-refractivity contribution is 0.382. The van der Waals surface area contributed by atoms with Crippen LogP contribution in [0.4, 0.5) is 0 Å². The van der Waals surface area contributed by atoms with Crippen LogP contribution in [0.1, 0.15) is 39.0 Å². The lowest BCUT2D eigenvalue weighted by Gasteiger charge is -2.23. The molecule has 1 aliphatic heterocycles. The van der Waals surface area contributed by atoms with Crippen molar-refractivity contribution in [1.29, 1.82) is 0 Å². The maximum absolute atomic E-state index is 12.1. The average molecular weight is 260 g/mol. The topological polar surface area (TPSA) is 58.2 Å². The Morgan fingerprint density at radius 3 is 2.47 bits per heavy atom. The van der Waals surface area contributed by atoms with E-state index in [-0.39, 0.29) is 6.04 Å². The van der Waals surface area contributed by atoms with Crippen LogP contribution in [0.2, 0.25) is 0 Å². The quantitative estimate of drug-likeness (QED) is 0.795. The Balaban J connectivity index is 1.85. The molecule has 2 unspecified atom stereocenters. The molecule has 0 bridgehead atoms. The lowest BCUT2D eigenvalue weighted by atomic mass is 9.91. The minimum absolute atomic E-state index is 0.0867. The van der Waals surface area contributed by atoms with Gasteiger partial charge in [-0.3, -0.25) is 0 Å². The van der Waals surface area contributed by atoms with Crippen molar-refractivity contribution in [3.63, 3.8) is 0 Å². The summed E-state index contributed by atoms with van der Waals surface area (Å²) in [7, 11) is -3.09. The fourth-order valence-electron chi connectivity index (χ4n) is 2.91. The SMILES string of the molecule is CC1CNCC1NS(=O)(=O)CC1CCCCC1. The molecule has 2 N–H and O–H groups in total. The van der Waals surface area contributed by atoms with Crippen molar-refractivity contribution >= 4 is 10.0 Å². The van der Waals surface area contributed by atoms with E-state index in [9.17, 15) is 8.42 Å². The van der Waals surface area contributed by atoms with Crippen molar-refractivity contribution in [3.8, 4) is 0 Å². The van der Waals surface area contributed by atoms with Gasteiger partial charge in [0.05, 0.1) is 5.75 Å². The van der Waals surface area contributed by atoms with Crippen LogP contribution in [0.25, 0.3) is 0 Å². The van der Waals surface area contributed by atoms with Gasteiger partial charge < -0.3 is 5.32 Å². The van der Waals surface area contributed by atoms with Crippen LogP contribution in [0.15, 0.2) is 0 Å². The zero-order valence-electron chi connectivity index (χ0n) is 10.6. The molecule has 100 valence electrons. The standard InChI is InChI=1S/C12H24N2O2S/c1-10-7-13-8-12(10)14-17(15,16)9-11-5-3-2-4-6-11/h10-14H,2-9H2,1H3. The van der Waals surface area contributed by atoms with E-state index in [1.54, 1.807) is 0 Å². The Bertz CT molecular complexity index is 336. The normalized spacial score (nSPS) is 31.8. The van der Waals surface area contributed by atoms with Crippen molar-refractivity contribution < 1.29 is 8.42 Å². The predicted octanol–water partition coefficient (Wildman–Crippen LogP) is 1.09. The molecule has 0 amide bonds.